The summed E-state index contributed by atoms with van der Waals surface area (Å²) < 4.78 is 21.7. The van der Waals surface area contributed by atoms with Crippen molar-refractivity contribution in [1.29, 1.82) is 0 Å². The second-order valence-corrected chi connectivity index (χ2v) is 6.26. The van der Waals surface area contributed by atoms with E-state index in [4.69, 9.17) is 16.3 Å². The number of aromatic nitrogens is 2. The molecule has 1 aliphatic heterocycles. The SMILES string of the molecule is O=C(NC1CC1)c1nn2c(c1-c1ccc(Cl)cc1F)OCCC2. The summed E-state index contributed by atoms with van der Waals surface area (Å²) in [6.45, 7) is 1.17. The van der Waals surface area contributed by atoms with Crippen molar-refractivity contribution >= 4 is 17.5 Å². The number of nitrogens with zero attached hydrogens (tertiary/aromatic N) is 2. The van der Waals surface area contributed by atoms with Gasteiger partial charge in [-0.15, -0.1) is 0 Å². The number of amides is 1. The topological polar surface area (TPSA) is 56.2 Å². The van der Waals surface area contributed by atoms with Gasteiger partial charge < -0.3 is 10.1 Å². The van der Waals surface area contributed by atoms with E-state index < -0.39 is 5.82 Å². The molecular formula is C16H15ClFN3O2. The van der Waals surface area contributed by atoms with E-state index in [9.17, 15) is 9.18 Å². The summed E-state index contributed by atoms with van der Waals surface area (Å²) in [5, 5.41) is 7.56. The van der Waals surface area contributed by atoms with Crippen LogP contribution in [0, 0.1) is 5.82 Å². The van der Waals surface area contributed by atoms with Crippen molar-refractivity contribution in [3.8, 4) is 17.0 Å². The number of carbonyl (C=O) groups excluding carboxylic acids is 1. The minimum atomic E-state index is -0.497. The lowest BCUT2D eigenvalue weighted by molar-refractivity contribution is 0.0945. The first-order chi connectivity index (χ1) is 11.1. The molecule has 1 N–H and O–H groups in total. The number of fused-ring (bicyclic) bond motifs is 1. The molecule has 1 amide bonds. The Bertz CT molecular complexity index is 786. The van der Waals surface area contributed by atoms with Crippen LogP contribution in [0.15, 0.2) is 18.2 Å². The number of benzene rings is 1. The van der Waals surface area contributed by atoms with Crippen molar-refractivity contribution in [2.45, 2.75) is 31.8 Å². The van der Waals surface area contributed by atoms with Crippen LogP contribution in [-0.4, -0.2) is 28.3 Å². The van der Waals surface area contributed by atoms with E-state index in [2.05, 4.69) is 10.4 Å². The Balaban J connectivity index is 1.84. The number of halogens is 2. The molecule has 1 fully saturated rings. The highest BCUT2D eigenvalue weighted by atomic mass is 35.5. The molecule has 0 bridgehead atoms. The molecule has 2 heterocycles. The summed E-state index contributed by atoms with van der Waals surface area (Å²) in [5.41, 5.74) is 0.880. The fraction of sp³-hybridized carbons (Fsp3) is 0.375. The van der Waals surface area contributed by atoms with Crippen molar-refractivity contribution in [2.24, 2.45) is 0 Å². The number of carbonyl (C=O) groups is 1. The van der Waals surface area contributed by atoms with Gasteiger partial charge in [-0.3, -0.25) is 4.79 Å². The number of hydrogen-bond donors (Lipinski definition) is 1. The smallest absolute Gasteiger partial charge is 0.272 e. The Labute approximate surface area is 137 Å². The average Bonchev–Trinajstić information content (AvgIpc) is 3.25. The first-order valence-electron chi connectivity index (χ1n) is 7.63. The maximum absolute atomic E-state index is 14.4. The zero-order chi connectivity index (χ0) is 16.0. The maximum Gasteiger partial charge on any atom is 0.272 e. The summed E-state index contributed by atoms with van der Waals surface area (Å²) >= 11 is 5.83. The van der Waals surface area contributed by atoms with Crippen LogP contribution in [0.5, 0.6) is 5.88 Å². The van der Waals surface area contributed by atoms with Crippen molar-refractivity contribution in [3.05, 3.63) is 34.7 Å². The van der Waals surface area contributed by atoms with Gasteiger partial charge in [-0.1, -0.05) is 11.6 Å². The highest BCUT2D eigenvalue weighted by Gasteiger charge is 2.31. The van der Waals surface area contributed by atoms with Crippen LogP contribution >= 0.6 is 11.6 Å². The third-order valence-electron chi connectivity index (χ3n) is 3.99. The van der Waals surface area contributed by atoms with Crippen LogP contribution in [0.25, 0.3) is 11.1 Å². The molecular weight excluding hydrogens is 321 g/mol. The zero-order valence-electron chi connectivity index (χ0n) is 12.3. The van der Waals surface area contributed by atoms with E-state index in [0.29, 0.717) is 29.6 Å². The van der Waals surface area contributed by atoms with Crippen molar-refractivity contribution in [2.75, 3.05) is 6.61 Å². The molecule has 4 rings (SSSR count). The lowest BCUT2D eigenvalue weighted by Gasteiger charge is -2.16. The Morgan fingerprint density at radius 3 is 3.00 bits per heavy atom. The van der Waals surface area contributed by atoms with Gasteiger partial charge in [0.15, 0.2) is 5.69 Å². The molecule has 1 aliphatic carbocycles. The molecule has 0 radical (unpaired) electrons. The van der Waals surface area contributed by atoms with E-state index in [1.807, 2.05) is 0 Å². The molecule has 2 aliphatic rings. The zero-order valence-corrected chi connectivity index (χ0v) is 13.1. The lowest BCUT2D eigenvalue weighted by Crippen LogP contribution is -2.26. The fourth-order valence-electron chi connectivity index (χ4n) is 2.70. The lowest BCUT2D eigenvalue weighted by atomic mass is 10.0. The largest absolute Gasteiger partial charge is 0.477 e. The third-order valence-corrected chi connectivity index (χ3v) is 4.22. The molecule has 0 atom stereocenters. The molecule has 1 aromatic heterocycles. The number of rotatable bonds is 3. The fourth-order valence-corrected chi connectivity index (χ4v) is 2.86. The summed E-state index contributed by atoms with van der Waals surface area (Å²) in [4.78, 5) is 12.5. The molecule has 23 heavy (non-hydrogen) atoms. The van der Waals surface area contributed by atoms with E-state index in [-0.39, 0.29) is 23.2 Å². The minimum absolute atomic E-state index is 0.199. The van der Waals surface area contributed by atoms with Crippen LogP contribution in [0.1, 0.15) is 29.8 Å². The van der Waals surface area contributed by atoms with E-state index >= 15 is 0 Å². The quantitative estimate of drug-likeness (QED) is 0.938. The number of hydrogen-bond acceptors (Lipinski definition) is 3. The highest BCUT2D eigenvalue weighted by Crippen LogP contribution is 2.38. The van der Waals surface area contributed by atoms with Gasteiger partial charge in [-0.05, 0) is 31.0 Å². The molecule has 0 saturated heterocycles. The minimum Gasteiger partial charge on any atom is -0.477 e. The molecule has 5 nitrogen and oxygen atoms in total. The van der Waals surface area contributed by atoms with Gasteiger partial charge in [0, 0.05) is 29.6 Å². The van der Waals surface area contributed by atoms with Gasteiger partial charge in [0.05, 0.1) is 12.2 Å². The Kier molecular flexibility index (Phi) is 3.49. The highest BCUT2D eigenvalue weighted by molar-refractivity contribution is 6.30. The first-order valence-corrected chi connectivity index (χ1v) is 8.01. The second-order valence-electron chi connectivity index (χ2n) is 5.83. The van der Waals surface area contributed by atoms with E-state index in [0.717, 1.165) is 19.3 Å². The average molecular weight is 336 g/mol. The van der Waals surface area contributed by atoms with Gasteiger partial charge in [-0.25, -0.2) is 9.07 Å². The van der Waals surface area contributed by atoms with Crippen molar-refractivity contribution in [1.82, 2.24) is 15.1 Å². The summed E-state index contributed by atoms with van der Waals surface area (Å²) in [5.74, 6) is -0.344. The van der Waals surface area contributed by atoms with Crippen molar-refractivity contribution in [3.63, 3.8) is 0 Å². The Morgan fingerprint density at radius 1 is 1.43 bits per heavy atom. The van der Waals surface area contributed by atoms with E-state index in [1.54, 1.807) is 16.8 Å². The predicted octanol–water partition coefficient (Wildman–Crippen LogP) is 3.02. The van der Waals surface area contributed by atoms with Gasteiger partial charge in [-0.2, -0.15) is 5.10 Å². The van der Waals surface area contributed by atoms with Gasteiger partial charge >= 0.3 is 0 Å². The standard InChI is InChI=1S/C16H15ClFN3O2/c17-9-2-5-11(12(18)8-9)13-14(15(22)19-10-3-4-10)20-21-6-1-7-23-16(13)21/h2,5,8,10H,1,3-4,6-7H2,(H,19,22). The summed E-state index contributed by atoms with van der Waals surface area (Å²) in [6, 6.07) is 4.58. The molecule has 0 unspecified atom stereocenters. The predicted molar refractivity (Wildman–Crippen MR) is 83.2 cm³/mol. The van der Waals surface area contributed by atoms with Crippen LogP contribution in [-0.2, 0) is 6.54 Å². The Hall–Kier alpha value is -2.08. The molecule has 2 aromatic rings. The van der Waals surface area contributed by atoms with Crippen LogP contribution < -0.4 is 10.1 Å². The van der Waals surface area contributed by atoms with Crippen LogP contribution in [0.2, 0.25) is 5.02 Å². The van der Waals surface area contributed by atoms with Crippen molar-refractivity contribution < 1.29 is 13.9 Å². The molecule has 7 heteroatoms. The summed E-state index contributed by atoms with van der Waals surface area (Å²) in [6.07, 6.45) is 2.75. The van der Waals surface area contributed by atoms with Gasteiger partial charge in [0.2, 0.25) is 5.88 Å². The first kappa shape index (κ1) is 14.5. The summed E-state index contributed by atoms with van der Waals surface area (Å²) in [7, 11) is 0. The number of nitrogens with one attached hydrogen (secondary N) is 1. The van der Waals surface area contributed by atoms with E-state index in [1.165, 1.54) is 6.07 Å². The maximum atomic E-state index is 14.4. The third kappa shape index (κ3) is 2.67. The molecule has 1 aromatic carbocycles. The molecule has 120 valence electrons. The van der Waals surface area contributed by atoms with Gasteiger partial charge in [0.1, 0.15) is 5.82 Å². The monoisotopic (exact) mass is 335 g/mol. The number of ether oxygens (including phenoxy) is 1. The number of aryl methyl sites for hydroxylation is 1. The Morgan fingerprint density at radius 2 is 2.26 bits per heavy atom. The van der Waals surface area contributed by atoms with Crippen LogP contribution in [0.3, 0.4) is 0 Å². The second kappa shape index (κ2) is 5.53. The van der Waals surface area contributed by atoms with Crippen LogP contribution in [0.4, 0.5) is 4.39 Å². The normalized spacial score (nSPS) is 16.6. The molecule has 0 spiro atoms. The molecule has 1 saturated carbocycles. The van der Waals surface area contributed by atoms with Gasteiger partial charge in [0.25, 0.3) is 5.91 Å².